The molecule has 2 aliphatic heterocycles. The monoisotopic (exact) mass is 364 g/mol. The Morgan fingerprint density at radius 1 is 1.11 bits per heavy atom. The molecule has 0 aliphatic carbocycles. The number of ether oxygens (including phenoxy) is 1. The lowest BCUT2D eigenvalue weighted by Crippen LogP contribution is -2.52. The van der Waals surface area contributed by atoms with Crippen LogP contribution in [0.4, 0.5) is 0 Å². The van der Waals surface area contributed by atoms with Gasteiger partial charge >= 0.3 is 0 Å². The molecule has 1 fully saturated rings. The number of amides is 1. The second kappa shape index (κ2) is 7.83. The molecule has 4 heteroatoms. The first-order chi connectivity index (χ1) is 13.2. The summed E-state index contributed by atoms with van der Waals surface area (Å²) >= 11 is 0. The van der Waals surface area contributed by atoms with Gasteiger partial charge in [-0.05, 0) is 42.9 Å². The second-order valence-electron chi connectivity index (χ2n) is 7.67. The van der Waals surface area contributed by atoms with E-state index in [0.717, 1.165) is 44.5 Å². The smallest absolute Gasteiger partial charge is 0.237 e. The fourth-order valence-electron chi connectivity index (χ4n) is 4.40. The largest absolute Gasteiger partial charge is 0.370 e. The molecule has 1 saturated heterocycles. The molecule has 4 nitrogen and oxygen atoms in total. The quantitative estimate of drug-likeness (QED) is 0.905. The Balaban J connectivity index is 1.36. The van der Waals surface area contributed by atoms with Gasteiger partial charge in [0.2, 0.25) is 5.91 Å². The van der Waals surface area contributed by atoms with Gasteiger partial charge in [-0.25, -0.2) is 0 Å². The summed E-state index contributed by atoms with van der Waals surface area (Å²) in [7, 11) is 0. The van der Waals surface area contributed by atoms with Gasteiger partial charge < -0.3 is 10.1 Å². The maximum atomic E-state index is 12.6. The lowest BCUT2D eigenvalue weighted by molar-refractivity contribution is -0.131. The van der Waals surface area contributed by atoms with E-state index < -0.39 is 0 Å². The van der Waals surface area contributed by atoms with Crippen molar-refractivity contribution in [3.05, 3.63) is 71.3 Å². The van der Waals surface area contributed by atoms with Gasteiger partial charge in [0.05, 0.1) is 18.2 Å². The molecular weight excluding hydrogens is 336 g/mol. The summed E-state index contributed by atoms with van der Waals surface area (Å²) < 4.78 is 6.30. The van der Waals surface area contributed by atoms with Crippen LogP contribution in [-0.4, -0.2) is 36.5 Å². The second-order valence-corrected chi connectivity index (χ2v) is 7.67. The van der Waals surface area contributed by atoms with Gasteiger partial charge in [0.25, 0.3) is 0 Å². The maximum absolute atomic E-state index is 12.6. The molecular formula is C23H28N2O2. The average molecular weight is 364 g/mol. The first kappa shape index (κ1) is 18.2. The molecule has 2 aliphatic rings. The summed E-state index contributed by atoms with van der Waals surface area (Å²) in [6.07, 6.45) is 2.89. The summed E-state index contributed by atoms with van der Waals surface area (Å²) in [5.74, 6) is 0.0970. The summed E-state index contributed by atoms with van der Waals surface area (Å²) in [6.45, 7) is 5.15. The van der Waals surface area contributed by atoms with Crippen LogP contribution in [0.3, 0.4) is 0 Å². The highest BCUT2D eigenvalue weighted by molar-refractivity contribution is 5.81. The van der Waals surface area contributed by atoms with Crippen LogP contribution in [0.2, 0.25) is 0 Å². The van der Waals surface area contributed by atoms with E-state index in [2.05, 4.69) is 34.5 Å². The molecule has 142 valence electrons. The molecule has 2 aromatic rings. The number of hydrogen-bond donors (Lipinski definition) is 1. The van der Waals surface area contributed by atoms with E-state index in [4.69, 9.17) is 4.74 Å². The van der Waals surface area contributed by atoms with Crippen molar-refractivity contribution in [1.82, 2.24) is 10.2 Å². The number of carbonyl (C=O) groups is 1. The average Bonchev–Trinajstić information content (AvgIpc) is 2.73. The Bertz CT molecular complexity index is 782. The van der Waals surface area contributed by atoms with Crippen molar-refractivity contribution in [2.75, 3.05) is 19.7 Å². The van der Waals surface area contributed by atoms with Crippen molar-refractivity contribution in [2.45, 2.75) is 44.4 Å². The number of piperidine rings is 1. The van der Waals surface area contributed by atoms with Crippen molar-refractivity contribution in [1.29, 1.82) is 0 Å². The van der Waals surface area contributed by atoms with Crippen LogP contribution in [-0.2, 0) is 28.1 Å². The van der Waals surface area contributed by atoms with Crippen molar-refractivity contribution in [3.8, 4) is 0 Å². The normalized spacial score (nSPS) is 20.0. The molecule has 2 heterocycles. The summed E-state index contributed by atoms with van der Waals surface area (Å²) in [5.41, 5.74) is 3.75. The molecule has 1 unspecified atom stereocenters. The van der Waals surface area contributed by atoms with Gasteiger partial charge in [-0.1, -0.05) is 54.6 Å². The van der Waals surface area contributed by atoms with Crippen LogP contribution in [0.15, 0.2) is 54.6 Å². The van der Waals surface area contributed by atoms with E-state index in [0.29, 0.717) is 6.54 Å². The zero-order valence-electron chi connectivity index (χ0n) is 16.0. The standard InChI is InChI=1S/C23H28N2O2/c1-18(22(26)24-17-19-7-3-2-4-8-19)25-14-12-23(13-15-25)21-10-6-5-9-20(21)11-16-27-23/h2-10,18H,11-17H2,1H3,(H,24,26). The lowest BCUT2D eigenvalue weighted by Gasteiger charge is -2.46. The minimum absolute atomic E-state index is 0.0970. The summed E-state index contributed by atoms with van der Waals surface area (Å²) in [4.78, 5) is 14.9. The van der Waals surface area contributed by atoms with Crippen LogP contribution in [0.5, 0.6) is 0 Å². The van der Waals surface area contributed by atoms with Crippen LogP contribution in [0.1, 0.15) is 36.5 Å². The highest BCUT2D eigenvalue weighted by Crippen LogP contribution is 2.41. The Morgan fingerprint density at radius 2 is 1.81 bits per heavy atom. The lowest BCUT2D eigenvalue weighted by atomic mass is 9.79. The van der Waals surface area contributed by atoms with Crippen molar-refractivity contribution >= 4 is 5.91 Å². The van der Waals surface area contributed by atoms with E-state index in [-0.39, 0.29) is 17.6 Å². The van der Waals surface area contributed by atoms with Crippen LogP contribution in [0, 0.1) is 0 Å². The molecule has 1 N–H and O–H groups in total. The third-order valence-corrected chi connectivity index (χ3v) is 6.10. The molecule has 0 saturated carbocycles. The fraction of sp³-hybridized carbons (Fsp3) is 0.435. The molecule has 1 atom stereocenters. The van der Waals surface area contributed by atoms with Gasteiger partial charge in [0, 0.05) is 19.6 Å². The fourth-order valence-corrected chi connectivity index (χ4v) is 4.40. The van der Waals surface area contributed by atoms with Crippen molar-refractivity contribution in [2.24, 2.45) is 0 Å². The maximum Gasteiger partial charge on any atom is 0.237 e. The molecule has 2 aromatic carbocycles. The van der Waals surface area contributed by atoms with Crippen LogP contribution in [0.25, 0.3) is 0 Å². The Morgan fingerprint density at radius 3 is 2.59 bits per heavy atom. The van der Waals surface area contributed by atoms with E-state index in [1.165, 1.54) is 11.1 Å². The molecule has 27 heavy (non-hydrogen) atoms. The number of carbonyl (C=O) groups excluding carboxylic acids is 1. The third kappa shape index (κ3) is 3.78. The first-order valence-electron chi connectivity index (χ1n) is 9.96. The predicted octanol–water partition coefficient (Wildman–Crippen LogP) is 3.26. The SMILES string of the molecule is CC(C(=O)NCc1ccccc1)N1CCC2(CC1)OCCc1ccccc12. The molecule has 1 spiro atoms. The number of likely N-dealkylation sites (tertiary alicyclic amines) is 1. The predicted molar refractivity (Wildman–Crippen MR) is 106 cm³/mol. The molecule has 0 bridgehead atoms. The van der Waals surface area contributed by atoms with Gasteiger partial charge in [0.1, 0.15) is 0 Å². The molecule has 0 aromatic heterocycles. The topological polar surface area (TPSA) is 41.6 Å². The number of nitrogens with one attached hydrogen (secondary N) is 1. The van der Waals surface area contributed by atoms with E-state index in [9.17, 15) is 4.79 Å². The van der Waals surface area contributed by atoms with Crippen molar-refractivity contribution in [3.63, 3.8) is 0 Å². The summed E-state index contributed by atoms with van der Waals surface area (Å²) in [5, 5.41) is 3.07. The third-order valence-electron chi connectivity index (χ3n) is 6.10. The number of benzene rings is 2. The Hall–Kier alpha value is -2.17. The zero-order chi connectivity index (χ0) is 18.7. The molecule has 4 rings (SSSR count). The van der Waals surface area contributed by atoms with Crippen molar-refractivity contribution < 1.29 is 9.53 Å². The summed E-state index contributed by atoms with van der Waals surface area (Å²) in [6, 6.07) is 18.6. The minimum Gasteiger partial charge on any atom is -0.370 e. The Kier molecular flexibility index (Phi) is 5.28. The number of hydrogen-bond acceptors (Lipinski definition) is 3. The highest BCUT2D eigenvalue weighted by atomic mass is 16.5. The van der Waals surface area contributed by atoms with E-state index in [1.54, 1.807) is 0 Å². The highest BCUT2D eigenvalue weighted by Gasteiger charge is 2.41. The first-order valence-corrected chi connectivity index (χ1v) is 9.96. The van der Waals surface area contributed by atoms with E-state index in [1.807, 2.05) is 37.3 Å². The number of rotatable bonds is 4. The molecule has 1 amide bonds. The molecule has 0 radical (unpaired) electrons. The number of nitrogens with zero attached hydrogens (tertiary/aromatic N) is 1. The van der Waals surface area contributed by atoms with Crippen LogP contribution < -0.4 is 5.32 Å². The number of fused-ring (bicyclic) bond motifs is 2. The zero-order valence-corrected chi connectivity index (χ0v) is 16.0. The van der Waals surface area contributed by atoms with Crippen LogP contribution >= 0.6 is 0 Å². The van der Waals surface area contributed by atoms with Gasteiger partial charge in [-0.3, -0.25) is 9.69 Å². The van der Waals surface area contributed by atoms with E-state index >= 15 is 0 Å². The minimum atomic E-state index is -0.161. The Labute approximate surface area is 161 Å². The van der Waals surface area contributed by atoms with Gasteiger partial charge in [-0.15, -0.1) is 0 Å². The van der Waals surface area contributed by atoms with Gasteiger partial charge in [0.15, 0.2) is 0 Å². The van der Waals surface area contributed by atoms with Gasteiger partial charge in [-0.2, -0.15) is 0 Å².